The second-order valence-electron chi connectivity index (χ2n) is 14.2. The Labute approximate surface area is 307 Å². The van der Waals surface area contributed by atoms with Gasteiger partial charge in [0.1, 0.15) is 16.7 Å². The molecule has 0 N–H and O–H groups in total. The lowest BCUT2D eigenvalue weighted by atomic mass is 9.73. The van der Waals surface area contributed by atoms with E-state index in [2.05, 4.69) is 176 Å². The molecule has 0 amide bonds. The Balaban J connectivity index is 1.25. The highest BCUT2D eigenvalue weighted by Crippen LogP contribution is 2.57. The number of rotatable bonds is 5. The Morgan fingerprint density at radius 3 is 1.64 bits per heavy atom. The van der Waals surface area contributed by atoms with Crippen molar-refractivity contribution in [2.24, 2.45) is 0 Å². The third-order valence-corrected chi connectivity index (χ3v) is 11.4. The van der Waals surface area contributed by atoms with Gasteiger partial charge in [-0.1, -0.05) is 140 Å². The minimum atomic E-state index is -0.485. The summed E-state index contributed by atoms with van der Waals surface area (Å²) in [7, 11) is 0. The van der Waals surface area contributed by atoms with E-state index in [1.807, 2.05) is 18.2 Å². The van der Waals surface area contributed by atoms with Crippen molar-refractivity contribution in [1.29, 1.82) is 0 Å². The molecule has 2 aromatic heterocycles. The van der Waals surface area contributed by atoms with E-state index in [9.17, 15) is 0 Å². The zero-order chi connectivity index (χ0) is 35.1. The van der Waals surface area contributed by atoms with Crippen LogP contribution in [0.5, 0.6) is 0 Å². The number of furan rings is 2. The van der Waals surface area contributed by atoms with Crippen molar-refractivity contribution in [1.82, 2.24) is 0 Å². The van der Waals surface area contributed by atoms with E-state index < -0.39 is 5.41 Å². The minimum Gasteiger partial charge on any atom is -0.456 e. The molecule has 1 aliphatic carbocycles. The zero-order valence-corrected chi connectivity index (χ0v) is 29.1. The largest absolute Gasteiger partial charge is 0.456 e. The first kappa shape index (κ1) is 29.8. The summed E-state index contributed by atoms with van der Waals surface area (Å²) in [5.74, 6) is 0. The van der Waals surface area contributed by atoms with Crippen molar-refractivity contribution in [2.75, 3.05) is 4.90 Å². The van der Waals surface area contributed by atoms with Crippen LogP contribution in [0.2, 0.25) is 0 Å². The smallest absolute Gasteiger partial charge is 0.159 e. The Morgan fingerprint density at radius 2 is 0.925 bits per heavy atom. The summed E-state index contributed by atoms with van der Waals surface area (Å²) in [6, 6.07) is 65.0. The van der Waals surface area contributed by atoms with Crippen molar-refractivity contribution in [3.05, 3.63) is 199 Å². The van der Waals surface area contributed by atoms with Crippen molar-refractivity contribution in [3.8, 4) is 22.3 Å². The third kappa shape index (κ3) is 4.34. The number of hydrogen-bond acceptors (Lipinski definition) is 3. The zero-order valence-electron chi connectivity index (χ0n) is 29.1. The molecule has 11 rings (SSSR count). The van der Waals surface area contributed by atoms with Gasteiger partial charge in [0.15, 0.2) is 5.58 Å². The molecule has 0 atom stereocenters. The van der Waals surface area contributed by atoms with Crippen LogP contribution in [-0.2, 0) is 5.41 Å². The van der Waals surface area contributed by atoms with Gasteiger partial charge in [0.2, 0.25) is 0 Å². The van der Waals surface area contributed by atoms with Gasteiger partial charge in [0.05, 0.1) is 11.4 Å². The molecule has 250 valence electrons. The Morgan fingerprint density at radius 1 is 0.396 bits per heavy atom. The Kier molecular flexibility index (Phi) is 6.38. The van der Waals surface area contributed by atoms with Crippen LogP contribution in [-0.4, -0.2) is 0 Å². The topological polar surface area (TPSA) is 29.5 Å². The lowest BCUT2D eigenvalue weighted by Gasteiger charge is -2.35. The van der Waals surface area contributed by atoms with Gasteiger partial charge in [-0.05, 0) is 82.3 Å². The summed E-state index contributed by atoms with van der Waals surface area (Å²) in [6.07, 6.45) is 0. The van der Waals surface area contributed by atoms with Gasteiger partial charge in [0.25, 0.3) is 0 Å². The molecular formula is C50H33NO2. The number of nitrogens with zero attached hydrogens (tertiary/aromatic N) is 1. The van der Waals surface area contributed by atoms with Crippen molar-refractivity contribution in [3.63, 3.8) is 0 Å². The summed E-state index contributed by atoms with van der Waals surface area (Å²) in [6.45, 7) is 2.38. The van der Waals surface area contributed by atoms with E-state index >= 15 is 0 Å². The maximum absolute atomic E-state index is 6.99. The number of benzene rings is 8. The monoisotopic (exact) mass is 679 g/mol. The van der Waals surface area contributed by atoms with Gasteiger partial charge in [-0.15, -0.1) is 0 Å². The number of hydrogen-bond donors (Lipinski definition) is 0. The standard InChI is InChI=1S/C50H33NO2/c1-50(42-19-9-5-15-36(42)37-16-6-10-20-43(37)50)44-30-29-41-39-18-8-12-22-46(39)53-49(41)48(44)51(34-25-23-33(24-26-34)32-13-3-2-4-14-32)35-27-28-40-38-17-7-11-21-45(38)52-47(40)31-35/h2-31H,1H3. The van der Waals surface area contributed by atoms with Crippen LogP contribution in [0.15, 0.2) is 191 Å². The lowest BCUT2D eigenvalue weighted by Crippen LogP contribution is -2.26. The summed E-state index contributed by atoms with van der Waals surface area (Å²) in [5.41, 5.74) is 14.6. The molecular weight excluding hydrogens is 647 g/mol. The fourth-order valence-corrected chi connectivity index (χ4v) is 8.84. The molecule has 0 saturated heterocycles. The summed E-state index contributed by atoms with van der Waals surface area (Å²) in [5, 5.41) is 4.38. The highest BCUT2D eigenvalue weighted by atomic mass is 16.3. The van der Waals surface area contributed by atoms with Crippen LogP contribution < -0.4 is 4.90 Å². The van der Waals surface area contributed by atoms with E-state index in [0.29, 0.717) is 0 Å². The first-order valence-corrected chi connectivity index (χ1v) is 18.2. The molecule has 0 spiro atoms. The van der Waals surface area contributed by atoms with Gasteiger partial charge in [-0.3, -0.25) is 0 Å². The molecule has 3 nitrogen and oxygen atoms in total. The first-order chi connectivity index (χ1) is 26.2. The highest BCUT2D eigenvalue weighted by Gasteiger charge is 2.43. The fourth-order valence-electron chi connectivity index (χ4n) is 8.84. The minimum absolute atomic E-state index is 0.485. The van der Waals surface area contributed by atoms with Crippen molar-refractivity contribution < 1.29 is 8.83 Å². The van der Waals surface area contributed by atoms with E-state index in [1.165, 1.54) is 33.4 Å². The molecule has 0 radical (unpaired) electrons. The van der Waals surface area contributed by atoms with Gasteiger partial charge in [0, 0.05) is 38.7 Å². The second-order valence-corrected chi connectivity index (χ2v) is 14.2. The maximum atomic E-state index is 6.99. The molecule has 3 heteroatoms. The van der Waals surface area contributed by atoms with Crippen molar-refractivity contribution in [2.45, 2.75) is 12.3 Å². The predicted molar refractivity (Wildman–Crippen MR) is 219 cm³/mol. The molecule has 0 aliphatic heterocycles. The molecule has 1 aliphatic rings. The van der Waals surface area contributed by atoms with E-state index in [1.54, 1.807) is 0 Å². The average molecular weight is 680 g/mol. The average Bonchev–Trinajstić information content (AvgIpc) is 3.87. The molecule has 0 bridgehead atoms. The predicted octanol–water partition coefficient (Wildman–Crippen LogP) is 14.0. The third-order valence-electron chi connectivity index (χ3n) is 11.4. The Bertz CT molecular complexity index is 2980. The van der Waals surface area contributed by atoms with Crippen LogP contribution in [0.3, 0.4) is 0 Å². The molecule has 10 aromatic rings. The normalized spacial score (nSPS) is 13.2. The summed E-state index contributed by atoms with van der Waals surface area (Å²) >= 11 is 0. The first-order valence-electron chi connectivity index (χ1n) is 18.2. The highest BCUT2D eigenvalue weighted by molar-refractivity contribution is 6.12. The lowest BCUT2D eigenvalue weighted by molar-refractivity contribution is 0.662. The molecule has 0 fully saturated rings. The van der Waals surface area contributed by atoms with Crippen LogP contribution in [0.1, 0.15) is 23.6 Å². The maximum Gasteiger partial charge on any atom is 0.159 e. The van der Waals surface area contributed by atoms with Crippen LogP contribution in [0.25, 0.3) is 66.1 Å². The summed E-state index contributed by atoms with van der Waals surface area (Å²) < 4.78 is 13.5. The van der Waals surface area contributed by atoms with Gasteiger partial charge >= 0.3 is 0 Å². The molecule has 0 unspecified atom stereocenters. The van der Waals surface area contributed by atoms with Crippen LogP contribution in [0, 0.1) is 0 Å². The molecule has 2 heterocycles. The summed E-state index contributed by atoms with van der Waals surface area (Å²) in [4.78, 5) is 2.39. The molecule has 53 heavy (non-hydrogen) atoms. The van der Waals surface area contributed by atoms with Gasteiger partial charge < -0.3 is 13.7 Å². The quantitative estimate of drug-likeness (QED) is 0.181. The van der Waals surface area contributed by atoms with E-state index in [4.69, 9.17) is 8.83 Å². The SMILES string of the molecule is CC1(c2ccc3c(oc4ccccc43)c2N(c2ccc(-c3ccccc3)cc2)c2ccc3c(c2)oc2ccccc23)c2ccccc2-c2ccccc21. The molecule has 8 aromatic carbocycles. The number of fused-ring (bicyclic) bond motifs is 9. The van der Waals surface area contributed by atoms with Crippen LogP contribution >= 0.6 is 0 Å². The van der Waals surface area contributed by atoms with E-state index in [-0.39, 0.29) is 0 Å². The fraction of sp³-hybridized carbons (Fsp3) is 0.0400. The number of anilines is 3. The Hall–Kier alpha value is -6.84. The molecule has 0 saturated carbocycles. The number of para-hydroxylation sites is 2. The van der Waals surface area contributed by atoms with Gasteiger partial charge in [-0.2, -0.15) is 0 Å². The second kappa shape index (κ2) is 11.3. The van der Waals surface area contributed by atoms with Crippen LogP contribution in [0.4, 0.5) is 17.1 Å². The van der Waals surface area contributed by atoms with Gasteiger partial charge in [-0.25, -0.2) is 0 Å². The van der Waals surface area contributed by atoms with E-state index in [0.717, 1.165) is 66.5 Å². The van der Waals surface area contributed by atoms with Crippen molar-refractivity contribution >= 4 is 60.9 Å².